The predicted octanol–water partition coefficient (Wildman–Crippen LogP) is 4.72. The Balaban J connectivity index is 1.89. The van der Waals surface area contributed by atoms with Crippen LogP contribution in [0.1, 0.15) is 149 Å². The molecule has 63 heavy (non-hydrogen) atoms. The number of hydrogen-bond donors (Lipinski definition) is 9. The normalized spacial score (nSPS) is 28.7. The molecule has 1 heterocycles. The molecule has 0 radical (unpaired) electrons. The lowest BCUT2D eigenvalue weighted by Gasteiger charge is -2.41. The summed E-state index contributed by atoms with van der Waals surface area (Å²) in [5.41, 5.74) is 0. The molecule has 2 aliphatic rings. The number of rotatable bonds is 33. The van der Waals surface area contributed by atoms with Gasteiger partial charge in [0.15, 0.2) is 12.4 Å². The van der Waals surface area contributed by atoms with Crippen LogP contribution >= 0.6 is 7.82 Å². The SMILES string of the molecule is CC/C=C\CC(O)/C=C/C1OC(O)CC(O)C1C/C=C\CCCC(=O)OC(COC(=O)CCCCCCCCCCCCCCC)COP(=O)(O)OC1C(O)C(O)C(O)C(O)C1O. The first-order chi connectivity index (χ1) is 30.1. The van der Waals surface area contributed by atoms with Gasteiger partial charge in [-0.05, 0) is 38.5 Å². The minimum Gasteiger partial charge on any atom is -0.462 e. The topological polar surface area (TPSA) is 279 Å². The Morgan fingerprint density at radius 1 is 0.714 bits per heavy atom. The van der Waals surface area contributed by atoms with Crippen LogP contribution in [0.2, 0.25) is 0 Å². The van der Waals surface area contributed by atoms with E-state index in [4.69, 9.17) is 23.3 Å². The highest BCUT2D eigenvalue weighted by Crippen LogP contribution is 2.47. The summed E-state index contributed by atoms with van der Waals surface area (Å²) in [6.07, 6.45) is 11.0. The standard InChI is InChI=1S/C45H79O17P/c1-3-5-7-8-9-10-11-12-13-14-15-16-21-25-37(48)58-30-33(31-59-63(56,57)62-45-43(54)41(52)40(51)42(53)44(45)55)60-38(49)26-22-18-17-20-24-34-35(47)29-39(50)61-36(34)28-27-32(46)23-19-6-4-2/h6,17,19-20,27-28,32-36,39-47,50-55H,3-5,7-16,18,21-26,29-31H2,1-2H3,(H,56,57)/b19-6-,20-17-,28-27+. The van der Waals surface area contributed by atoms with E-state index in [1.54, 1.807) is 12.2 Å². The van der Waals surface area contributed by atoms with Gasteiger partial charge in [-0.3, -0.25) is 18.6 Å². The van der Waals surface area contributed by atoms with E-state index in [1.165, 1.54) is 51.4 Å². The fourth-order valence-electron chi connectivity index (χ4n) is 7.46. The van der Waals surface area contributed by atoms with Crippen molar-refractivity contribution in [1.29, 1.82) is 0 Å². The number of esters is 2. The second-order valence-electron chi connectivity index (χ2n) is 16.8. The van der Waals surface area contributed by atoms with Gasteiger partial charge in [-0.15, -0.1) is 0 Å². The third kappa shape index (κ3) is 23.8. The third-order valence-electron chi connectivity index (χ3n) is 11.3. The van der Waals surface area contributed by atoms with Gasteiger partial charge < -0.3 is 60.0 Å². The Labute approximate surface area is 373 Å². The Kier molecular flexibility index (Phi) is 29.5. The zero-order valence-corrected chi connectivity index (χ0v) is 38.3. The molecule has 11 unspecified atom stereocenters. The predicted molar refractivity (Wildman–Crippen MR) is 234 cm³/mol. The summed E-state index contributed by atoms with van der Waals surface area (Å²) in [5.74, 6) is -1.70. The van der Waals surface area contributed by atoms with Crippen molar-refractivity contribution < 1.29 is 83.2 Å². The van der Waals surface area contributed by atoms with Crippen LogP contribution in [0.3, 0.4) is 0 Å². The minimum atomic E-state index is -5.20. The molecule has 0 aromatic heterocycles. The molecule has 1 saturated carbocycles. The summed E-state index contributed by atoms with van der Waals surface area (Å²) in [5, 5.41) is 81.2. The summed E-state index contributed by atoms with van der Waals surface area (Å²) in [7, 11) is -5.20. The van der Waals surface area contributed by atoms with Crippen LogP contribution < -0.4 is 0 Å². The van der Waals surface area contributed by atoms with E-state index in [2.05, 4.69) is 6.92 Å². The summed E-state index contributed by atoms with van der Waals surface area (Å²) in [4.78, 5) is 35.9. The number of carbonyl (C=O) groups excluding carboxylic acids is 2. The molecule has 0 bridgehead atoms. The highest BCUT2D eigenvalue weighted by Gasteiger charge is 2.51. The molecule has 2 fully saturated rings. The van der Waals surface area contributed by atoms with E-state index in [0.717, 1.165) is 32.1 Å². The second kappa shape index (κ2) is 32.6. The second-order valence-corrected chi connectivity index (χ2v) is 18.2. The first-order valence-electron chi connectivity index (χ1n) is 23.2. The number of phosphoric ester groups is 1. The number of unbranched alkanes of at least 4 members (excludes halogenated alkanes) is 13. The maximum Gasteiger partial charge on any atom is 0.472 e. The van der Waals surface area contributed by atoms with Crippen LogP contribution in [0.5, 0.6) is 0 Å². The summed E-state index contributed by atoms with van der Waals surface area (Å²) in [6, 6.07) is 0. The summed E-state index contributed by atoms with van der Waals surface area (Å²) < 4.78 is 39.1. The quantitative estimate of drug-likeness (QED) is 0.0186. The first kappa shape index (κ1) is 57.0. The van der Waals surface area contributed by atoms with Crippen molar-refractivity contribution in [2.75, 3.05) is 13.2 Å². The largest absolute Gasteiger partial charge is 0.472 e. The van der Waals surface area contributed by atoms with Crippen LogP contribution in [0.25, 0.3) is 0 Å². The van der Waals surface area contributed by atoms with Crippen molar-refractivity contribution in [3.05, 3.63) is 36.5 Å². The van der Waals surface area contributed by atoms with Gasteiger partial charge in [0.05, 0.1) is 24.9 Å². The molecule has 9 N–H and O–H groups in total. The highest BCUT2D eigenvalue weighted by atomic mass is 31.2. The maximum absolute atomic E-state index is 12.9. The molecule has 17 nitrogen and oxygen atoms in total. The van der Waals surface area contributed by atoms with E-state index in [0.29, 0.717) is 32.1 Å². The first-order valence-corrected chi connectivity index (χ1v) is 24.7. The van der Waals surface area contributed by atoms with E-state index >= 15 is 0 Å². The van der Waals surface area contributed by atoms with Gasteiger partial charge in [-0.25, -0.2) is 4.57 Å². The van der Waals surface area contributed by atoms with Crippen LogP contribution in [0, 0.1) is 5.92 Å². The van der Waals surface area contributed by atoms with E-state index < -0.39 is 106 Å². The fraction of sp³-hybridized carbons (Fsp3) is 0.822. The molecule has 1 saturated heterocycles. The molecule has 2 rings (SSSR count). The van der Waals surface area contributed by atoms with Gasteiger partial charge >= 0.3 is 19.8 Å². The van der Waals surface area contributed by atoms with Crippen LogP contribution in [-0.2, 0) is 37.4 Å². The van der Waals surface area contributed by atoms with Crippen LogP contribution in [-0.4, -0.2) is 138 Å². The molecule has 0 aromatic carbocycles. The molecule has 18 heteroatoms. The van der Waals surface area contributed by atoms with Crippen molar-refractivity contribution >= 4 is 19.8 Å². The number of carbonyl (C=O) groups is 2. The van der Waals surface area contributed by atoms with Crippen molar-refractivity contribution in [2.24, 2.45) is 5.92 Å². The van der Waals surface area contributed by atoms with Gasteiger partial charge in [-0.2, -0.15) is 0 Å². The fourth-order valence-corrected chi connectivity index (χ4v) is 8.43. The van der Waals surface area contributed by atoms with E-state index in [1.807, 2.05) is 31.2 Å². The van der Waals surface area contributed by atoms with E-state index in [9.17, 15) is 59.9 Å². The Bertz CT molecular complexity index is 1360. The average molecular weight is 923 g/mol. The molecule has 1 aliphatic carbocycles. The monoisotopic (exact) mass is 923 g/mol. The molecule has 0 aromatic rings. The van der Waals surface area contributed by atoms with Gasteiger partial charge in [0.25, 0.3) is 0 Å². The molecule has 0 spiro atoms. The number of hydrogen-bond acceptors (Lipinski definition) is 16. The Hall–Kier alpha value is -2.09. The Morgan fingerprint density at radius 2 is 1.29 bits per heavy atom. The van der Waals surface area contributed by atoms with Crippen LogP contribution in [0.4, 0.5) is 0 Å². The third-order valence-corrected chi connectivity index (χ3v) is 12.3. The smallest absolute Gasteiger partial charge is 0.462 e. The minimum absolute atomic E-state index is 0.0366. The van der Waals surface area contributed by atoms with Gasteiger partial charge in [0.2, 0.25) is 0 Å². The number of allylic oxidation sites excluding steroid dienone is 3. The van der Waals surface area contributed by atoms with Crippen LogP contribution in [0.15, 0.2) is 36.5 Å². The summed E-state index contributed by atoms with van der Waals surface area (Å²) in [6.45, 7) is 2.86. The van der Waals surface area contributed by atoms with Crippen molar-refractivity contribution in [2.45, 2.75) is 216 Å². The number of aliphatic hydroxyl groups is 8. The number of phosphoric acid groups is 1. The lowest BCUT2D eigenvalue weighted by molar-refractivity contribution is -0.220. The van der Waals surface area contributed by atoms with Gasteiger partial charge in [0.1, 0.15) is 43.2 Å². The number of aliphatic hydroxyl groups excluding tert-OH is 8. The zero-order chi connectivity index (χ0) is 46.6. The molecule has 0 amide bonds. The molecular formula is C45H79O17P. The van der Waals surface area contributed by atoms with Crippen molar-refractivity contribution in [3.8, 4) is 0 Å². The number of ether oxygens (including phenoxy) is 3. The lowest BCUT2D eigenvalue weighted by Crippen LogP contribution is -2.64. The maximum atomic E-state index is 12.9. The lowest BCUT2D eigenvalue weighted by atomic mass is 9.85. The van der Waals surface area contributed by atoms with Crippen molar-refractivity contribution in [3.63, 3.8) is 0 Å². The van der Waals surface area contributed by atoms with Crippen molar-refractivity contribution in [1.82, 2.24) is 0 Å². The molecule has 366 valence electrons. The van der Waals surface area contributed by atoms with Gasteiger partial charge in [0, 0.05) is 25.2 Å². The molecular weight excluding hydrogens is 843 g/mol. The summed E-state index contributed by atoms with van der Waals surface area (Å²) >= 11 is 0. The zero-order valence-electron chi connectivity index (χ0n) is 37.4. The molecule has 11 atom stereocenters. The Morgan fingerprint density at radius 3 is 1.89 bits per heavy atom. The van der Waals surface area contributed by atoms with E-state index in [-0.39, 0.29) is 19.3 Å². The molecule has 1 aliphatic heterocycles. The average Bonchev–Trinajstić information content (AvgIpc) is 3.24. The highest BCUT2D eigenvalue weighted by molar-refractivity contribution is 7.47. The van der Waals surface area contributed by atoms with Gasteiger partial charge in [-0.1, -0.05) is 127 Å².